The van der Waals surface area contributed by atoms with Crippen molar-refractivity contribution < 1.29 is 8.42 Å². The summed E-state index contributed by atoms with van der Waals surface area (Å²) in [5.41, 5.74) is 2.08. The van der Waals surface area contributed by atoms with E-state index in [9.17, 15) is 8.42 Å². The zero-order valence-electron chi connectivity index (χ0n) is 9.12. The molecular formula is C10H13BrN2O2S. The quantitative estimate of drug-likeness (QED) is 0.904. The molecular weight excluding hydrogens is 292 g/mol. The number of nitrogens with zero attached hydrogens (tertiary/aromatic N) is 1. The van der Waals surface area contributed by atoms with Crippen molar-refractivity contribution in [2.45, 2.75) is 11.3 Å². The Hall–Kier alpha value is -0.590. The smallest absolute Gasteiger partial charge is 0.243 e. The lowest BCUT2D eigenvalue weighted by molar-refractivity contribution is 0.520. The van der Waals surface area contributed by atoms with Crippen LogP contribution in [0.3, 0.4) is 0 Å². The first-order valence-corrected chi connectivity index (χ1v) is 7.15. The topological polar surface area (TPSA) is 49.4 Å². The minimum absolute atomic E-state index is 0.311. The summed E-state index contributed by atoms with van der Waals surface area (Å²) in [7, 11) is -0.322. The molecule has 0 unspecified atom stereocenters. The second-order valence-corrected chi connectivity index (χ2v) is 6.88. The van der Waals surface area contributed by atoms with Crippen molar-refractivity contribution in [3.8, 4) is 0 Å². The maximum Gasteiger partial charge on any atom is 0.243 e. The summed E-state index contributed by atoms with van der Waals surface area (Å²) in [6.45, 7) is 0.868. The van der Waals surface area contributed by atoms with Gasteiger partial charge < -0.3 is 5.32 Å². The lowest BCUT2D eigenvalue weighted by atomic mass is 10.2. The van der Waals surface area contributed by atoms with E-state index in [-0.39, 0.29) is 0 Å². The van der Waals surface area contributed by atoms with Crippen molar-refractivity contribution in [1.82, 2.24) is 4.31 Å². The van der Waals surface area contributed by atoms with Crippen LogP contribution in [0, 0.1) is 0 Å². The van der Waals surface area contributed by atoms with E-state index in [4.69, 9.17) is 0 Å². The third kappa shape index (κ3) is 1.85. The molecule has 0 amide bonds. The fourth-order valence-electron chi connectivity index (χ4n) is 1.69. The Morgan fingerprint density at radius 3 is 2.69 bits per heavy atom. The Morgan fingerprint density at radius 2 is 2.06 bits per heavy atom. The molecule has 0 spiro atoms. The average molecular weight is 305 g/mol. The van der Waals surface area contributed by atoms with Crippen LogP contribution in [0.5, 0.6) is 0 Å². The van der Waals surface area contributed by atoms with Gasteiger partial charge in [-0.05, 0) is 40.0 Å². The summed E-state index contributed by atoms with van der Waals surface area (Å²) in [5, 5.41) is 3.17. The van der Waals surface area contributed by atoms with Gasteiger partial charge >= 0.3 is 0 Å². The zero-order chi connectivity index (χ0) is 11.9. The van der Waals surface area contributed by atoms with Crippen LogP contribution < -0.4 is 5.32 Å². The van der Waals surface area contributed by atoms with Gasteiger partial charge in [0.15, 0.2) is 0 Å². The maximum absolute atomic E-state index is 12.0. The van der Waals surface area contributed by atoms with E-state index in [1.54, 1.807) is 6.07 Å². The molecule has 6 heteroatoms. The molecule has 0 saturated carbocycles. The van der Waals surface area contributed by atoms with Crippen LogP contribution in [-0.4, -0.2) is 33.4 Å². The Balaban J connectivity index is 2.59. The number of nitrogens with one attached hydrogen (secondary N) is 1. The van der Waals surface area contributed by atoms with Gasteiger partial charge in [-0.3, -0.25) is 0 Å². The van der Waals surface area contributed by atoms with Gasteiger partial charge in [-0.15, -0.1) is 0 Å². The third-order valence-corrected chi connectivity index (χ3v) is 5.40. The molecule has 0 aromatic heterocycles. The molecule has 0 atom stereocenters. The van der Waals surface area contributed by atoms with Crippen LogP contribution in [0.25, 0.3) is 0 Å². The highest BCUT2D eigenvalue weighted by atomic mass is 79.9. The minimum atomic E-state index is -3.38. The Kier molecular flexibility index (Phi) is 2.98. The first-order chi connectivity index (χ1) is 7.43. The molecule has 0 radical (unpaired) electrons. The first-order valence-electron chi connectivity index (χ1n) is 4.92. The number of sulfonamides is 1. The SMILES string of the molecule is CN(C)S(=O)(=O)c1cc2c(cc1Br)CCN2. The molecule has 16 heavy (non-hydrogen) atoms. The van der Waals surface area contributed by atoms with E-state index in [1.165, 1.54) is 18.4 Å². The molecule has 1 N–H and O–H groups in total. The van der Waals surface area contributed by atoms with Crippen molar-refractivity contribution in [3.63, 3.8) is 0 Å². The van der Waals surface area contributed by atoms with Crippen LogP contribution in [0.15, 0.2) is 21.5 Å². The van der Waals surface area contributed by atoms with Gasteiger partial charge in [0.2, 0.25) is 10.0 Å². The summed E-state index contributed by atoms with van der Waals surface area (Å²) >= 11 is 3.32. The van der Waals surface area contributed by atoms with Crippen molar-refractivity contribution in [1.29, 1.82) is 0 Å². The van der Waals surface area contributed by atoms with Gasteiger partial charge in [-0.2, -0.15) is 0 Å². The number of halogens is 1. The number of benzene rings is 1. The number of rotatable bonds is 2. The second kappa shape index (κ2) is 4.01. The summed E-state index contributed by atoms with van der Waals surface area (Å²) in [4.78, 5) is 0.311. The molecule has 1 aliphatic heterocycles. The molecule has 1 heterocycles. The predicted octanol–water partition coefficient (Wildman–Crippen LogP) is 1.67. The van der Waals surface area contributed by atoms with E-state index in [1.807, 2.05) is 6.07 Å². The summed E-state index contributed by atoms with van der Waals surface area (Å²) in [6, 6.07) is 3.58. The predicted molar refractivity (Wildman–Crippen MR) is 67.2 cm³/mol. The highest BCUT2D eigenvalue weighted by molar-refractivity contribution is 9.10. The van der Waals surface area contributed by atoms with Crippen molar-refractivity contribution in [3.05, 3.63) is 22.2 Å². The van der Waals surface area contributed by atoms with Gasteiger partial charge in [0.1, 0.15) is 0 Å². The highest BCUT2D eigenvalue weighted by Crippen LogP contribution is 2.32. The lowest BCUT2D eigenvalue weighted by Crippen LogP contribution is -2.22. The molecule has 0 fully saturated rings. The van der Waals surface area contributed by atoms with E-state index in [0.29, 0.717) is 9.37 Å². The lowest BCUT2D eigenvalue weighted by Gasteiger charge is -2.14. The monoisotopic (exact) mass is 304 g/mol. The van der Waals surface area contributed by atoms with Crippen LogP contribution in [0.2, 0.25) is 0 Å². The average Bonchev–Trinajstić information content (AvgIpc) is 2.62. The van der Waals surface area contributed by atoms with Gasteiger partial charge in [0.05, 0.1) is 4.90 Å². The van der Waals surface area contributed by atoms with E-state index in [0.717, 1.165) is 24.2 Å². The number of hydrogen-bond acceptors (Lipinski definition) is 3. The van der Waals surface area contributed by atoms with Gasteiger partial charge in [0.25, 0.3) is 0 Å². The first kappa shape index (κ1) is 11.9. The van der Waals surface area contributed by atoms with Crippen LogP contribution >= 0.6 is 15.9 Å². The summed E-state index contributed by atoms with van der Waals surface area (Å²) in [6.07, 6.45) is 0.941. The summed E-state index contributed by atoms with van der Waals surface area (Å²) in [5.74, 6) is 0. The van der Waals surface area contributed by atoms with E-state index in [2.05, 4.69) is 21.2 Å². The maximum atomic E-state index is 12.0. The Morgan fingerprint density at radius 1 is 1.38 bits per heavy atom. The largest absolute Gasteiger partial charge is 0.384 e. The number of fused-ring (bicyclic) bond motifs is 1. The molecule has 2 rings (SSSR count). The van der Waals surface area contributed by atoms with E-state index >= 15 is 0 Å². The minimum Gasteiger partial charge on any atom is -0.384 e. The molecule has 1 aromatic rings. The van der Waals surface area contributed by atoms with Crippen molar-refractivity contribution >= 4 is 31.6 Å². The van der Waals surface area contributed by atoms with Crippen molar-refractivity contribution in [2.24, 2.45) is 0 Å². The molecule has 1 aliphatic rings. The van der Waals surface area contributed by atoms with Gasteiger partial charge in [-0.25, -0.2) is 12.7 Å². The molecule has 1 aromatic carbocycles. The number of hydrogen-bond donors (Lipinski definition) is 1. The second-order valence-electron chi connectivity index (χ2n) is 3.90. The molecule has 0 saturated heterocycles. The van der Waals surface area contributed by atoms with E-state index < -0.39 is 10.0 Å². The molecule has 88 valence electrons. The van der Waals surface area contributed by atoms with Gasteiger partial charge in [0, 0.05) is 30.8 Å². The van der Waals surface area contributed by atoms with Crippen LogP contribution in [0.4, 0.5) is 5.69 Å². The third-order valence-electron chi connectivity index (χ3n) is 2.63. The van der Waals surface area contributed by atoms with Gasteiger partial charge in [-0.1, -0.05) is 0 Å². The van der Waals surface area contributed by atoms with Crippen molar-refractivity contribution in [2.75, 3.05) is 26.0 Å². The molecule has 0 bridgehead atoms. The van der Waals surface area contributed by atoms with Crippen LogP contribution in [0.1, 0.15) is 5.56 Å². The standard InChI is InChI=1S/C10H13BrN2O2S/c1-13(2)16(14,15)10-6-9-7(3-4-12-9)5-8(10)11/h5-6,12H,3-4H2,1-2H3. The van der Waals surface area contributed by atoms with Crippen LogP contribution in [-0.2, 0) is 16.4 Å². The zero-order valence-corrected chi connectivity index (χ0v) is 11.5. The number of anilines is 1. The fourth-order valence-corrected chi connectivity index (χ4v) is 3.66. The highest BCUT2D eigenvalue weighted by Gasteiger charge is 2.23. The Bertz CT molecular complexity index is 526. The Labute approximate surface area is 104 Å². The fraction of sp³-hybridized carbons (Fsp3) is 0.400. The summed E-state index contributed by atoms with van der Waals surface area (Å²) < 4.78 is 25.9. The molecule has 4 nitrogen and oxygen atoms in total. The normalized spacial score (nSPS) is 15.0. The molecule has 0 aliphatic carbocycles.